The van der Waals surface area contributed by atoms with Gasteiger partial charge in [-0.15, -0.1) is 0 Å². The van der Waals surface area contributed by atoms with Gasteiger partial charge in [0.2, 0.25) is 5.91 Å². The van der Waals surface area contributed by atoms with Gasteiger partial charge in [0.15, 0.2) is 0 Å². The minimum atomic E-state index is -0.298. The molecule has 6 nitrogen and oxygen atoms in total. The molecule has 3 rings (SSSR count). The molecule has 0 saturated carbocycles. The lowest BCUT2D eigenvalue weighted by Crippen LogP contribution is -2.52. The molecule has 0 aromatic heterocycles. The maximum Gasteiger partial charge on any atom is 0.410 e. The molecule has 0 atom stereocenters. The number of carbonyl (C=O) groups is 2. The predicted octanol–water partition coefficient (Wildman–Crippen LogP) is 1.47. The number of carbonyl (C=O) groups excluding carboxylic acids is 2. The van der Waals surface area contributed by atoms with Crippen molar-refractivity contribution in [2.45, 2.75) is 19.4 Å². The molecule has 1 aromatic carbocycles. The third-order valence-corrected chi connectivity index (χ3v) is 4.74. The van der Waals surface area contributed by atoms with E-state index in [2.05, 4.69) is 5.32 Å². The van der Waals surface area contributed by atoms with Gasteiger partial charge in [-0.2, -0.15) is 0 Å². The average Bonchev–Trinajstić information content (AvgIpc) is 2.67. The molecule has 2 fully saturated rings. The van der Waals surface area contributed by atoms with Gasteiger partial charge < -0.3 is 19.9 Å². The number of benzene rings is 1. The largest absolute Gasteiger partial charge is 0.445 e. The lowest BCUT2D eigenvalue weighted by molar-refractivity contribution is -0.138. The SMILES string of the molecule is O=C(OCc1ccccc1)N1CCN(C(=O)C2CCNCC2)CC1. The van der Waals surface area contributed by atoms with E-state index in [1.54, 1.807) is 4.90 Å². The molecule has 0 aliphatic carbocycles. The molecular weight excluding hydrogens is 306 g/mol. The van der Waals surface area contributed by atoms with E-state index < -0.39 is 0 Å². The van der Waals surface area contributed by atoms with Crippen LogP contribution in [0.25, 0.3) is 0 Å². The van der Waals surface area contributed by atoms with Gasteiger partial charge in [-0.1, -0.05) is 30.3 Å². The van der Waals surface area contributed by atoms with Gasteiger partial charge in [-0.25, -0.2) is 4.79 Å². The Morgan fingerprint density at radius 2 is 1.62 bits per heavy atom. The summed E-state index contributed by atoms with van der Waals surface area (Å²) in [7, 11) is 0. The highest BCUT2D eigenvalue weighted by Gasteiger charge is 2.30. The second-order valence-corrected chi connectivity index (χ2v) is 6.38. The lowest BCUT2D eigenvalue weighted by atomic mass is 9.96. The summed E-state index contributed by atoms with van der Waals surface area (Å²) >= 11 is 0. The fourth-order valence-electron chi connectivity index (χ4n) is 3.25. The summed E-state index contributed by atoms with van der Waals surface area (Å²) in [4.78, 5) is 28.2. The predicted molar refractivity (Wildman–Crippen MR) is 90.4 cm³/mol. The van der Waals surface area contributed by atoms with Crippen molar-refractivity contribution in [2.24, 2.45) is 5.92 Å². The van der Waals surface area contributed by atoms with E-state index in [1.807, 2.05) is 35.2 Å². The number of ether oxygens (including phenoxy) is 1. The summed E-state index contributed by atoms with van der Waals surface area (Å²) in [6, 6.07) is 9.65. The van der Waals surface area contributed by atoms with Crippen LogP contribution in [0.3, 0.4) is 0 Å². The third kappa shape index (κ3) is 4.26. The highest BCUT2D eigenvalue weighted by Crippen LogP contribution is 2.17. The van der Waals surface area contributed by atoms with Crippen LogP contribution in [0.2, 0.25) is 0 Å². The van der Waals surface area contributed by atoms with Crippen molar-refractivity contribution in [3.8, 4) is 0 Å². The number of hydrogen-bond acceptors (Lipinski definition) is 4. The summed E-state index contributed by atoms with van der Waals surface area (Å²) in [5, 5.41) is 3.28. The summed E-state index contributed by atoms with van der Waals surface area (Å²) in [6.45, 7) is 4.42. The minimum Gasteiger partial charge on any atom is -0.445 e. The molecule has 2 aliphatic heterocycles. The Morgan fingerprint density at radius 1 is 1.00 bits per heavy atom. The Balaban J connectivity index is 1.42. The van der Waals surface area contributed by atoms with E-state index >= 15 is 0 Å². The quantitative estimate of drug-likeness (QED) is 0.911. The fraction of sp³-hybridized carbons (Fsp3) is 0.556. The molecule has 24 heavy (non-hydrogen) atoms. The first-order chi connectivity index (χ1) is 11.7. The van der Waals surface area contributed by atoms with Crippen molar-refractivity contribution < 1.29 is 14.3 Å². The number of piperidine rings is 1. The molecule has 2 amide bonds. The van der Waals surface area contributed by atoms with E-state index in [9.17, 15) is 9.59 Å². The van der Waals surface area contributed by atoms with Crippen LogP contribution in [0.5, 0.6) is 0 Å². The van der Waals surface area contributed by atoms with Crippen LogP contribution in [-0.4, -0.2) is 61.1 Å². The zero-order chi connectivity index (χ0) is 16.8. The molecule has 0 bridgehead atoms. The van der Waals surface area contributed by atoms with Crippen LogP contribution in [-0.2, 0) is 16.1 Å². The fourth-order valence-corrected chi connectivity index (χ4v) is 3.25. The zero-order valence-corrected chi connectivity index (χ0v) is 13.9. The van der Waals surface area contributed by atoms with E-state index in [4.69, 9.17) is 4.74 Å². The molecule has 130 valence electrons. The van der Waals surface area contributed by atoms with Crippen molar-refractivity contribution in [2.75, 3.05) is 39.3 Å². The number of piperazine rings is 1. The molecule has 1 aromatic rings. The first-order valence-corrected chi connectivity index (χ1v) is 8.69. The highest BCUT2D eigenvalue weighted by molar-refractivity contribution is 5.79. The van der Waals surface area contributed by atoms with Gasteiger partial charge >= 0.3 is 6.09 Å². The van der Waals surface area contributed by atoms with Gasteiger partial charge in [0.25, 0.3) is 0 Å². The molecule has 2 saturated heterocycles. The van der Waals surface area contributed by atoms with Gasteiger partial charge in [-0.3, -0.25) is 4.79 Å². The maximum absolute atomic E-state index is 12.5. The highest BCUT2D eigenvalue weighted by atomic mass is 16.6. The molecule has 0 radical (unpaired) electrons. The Hall–Kier alpha value is -2.08. The van der Waals surface area contributed by atoms with Crippen LogP contribution in [0, 0.1) is 5.92 Å². The second kappa shape index (κ2) is 8.15. The smallest absolute Gasteiger partial charge is 0.410 e. The molecule has 1 N–H and O–H groups in total. The Labute approximate surface area is 142 Å². The number of nitrogens with one attached hydrogen (secondary N) is 1. The molecule has 0 spiro atoms. The van der Waals surface area contributed by atoms with Crippen LogP contribution in [0.1, 0.15) is 18.4 Å². The van der Waals surface area contributed by atoms with Crippen molar-refractivity contribution in [3.05, 3.63) is 35.9 Å². The minimum absolute atomic E-state index is 0.142. The molecular formula is C18H25N3O3. The van der Waals surface area contributed by atoms with Crippen LogP contribution in [0.15, 0.2) is 30.3 Å². The topological polar surface area (TPSA) is 61.9 Å². The van der Waals surface area contributed by atoms with E-state index in [1.165, 1.54) is 0 Å². The zero-order valence-electron chi connectivity index (χ0n) is 13.9. The van der Waals surface area contributed by atoms with Gasteiger partial charge in [0, 0.05) is 32.1 Å². The Bertz CT molecular complexity index is 550. The molecule has 2 aliphatic rings. The number of amides is 2. The molecule has 6 heteroatoms. The lowest BCUT2D eigenvalue weighted by Gasteiger charge is -2.36. The number of rotatable bonds is 3. The Morgan fingerprint density at radius 3 is 2.29 bits per heavy atom. The monoisotopic (exact) mass is 331 g/mol. The summed E-state index contributed by atoms with van der Waals surface area (Å²) in [6.07, 6.45) is 1.53. The van der Waals surface area contributed by atoms with Gasteiger partial charge in [0.05, 0.1) is 0 Å². The van der Waals surface area contributed by atoms with Crippen molar-refractivity contribution in [1.29, 1.82) is 0 Å². The summed E-state index contributed by atoms with van der Waals surface area (Å²) < 4.78 is 5.35. The average molecular weight is 331 g/mol. The summed E-state index contributed by atoms with van der Waals surface area (Å²) in [5.74, 6) is 0.386. The van der Waals surface area contributed by atoms with Crippen LogP contribution in [0.4, 0.5) is 4.79 Å². The van der Waals surface area contributed by atoms with E-state index in [-0.39, 0.29) is 24.5 Å². The first kappa shape index (κ1) is 16.8. The van der Waals surface area contributed by atoms with Gasteiger partial charge in [0.1, 0.15) is 6.61 Å². The van der Waals surface area contributed by atoms with Crippen molar-refractivity contribution >= 4 is 12.0 Å². The summed E-state index contributed by atoms with van der Waals surface area (Å²) in [5.41, 5.74) is 0.977. The van der Waals surface area contributed by atoms with Crippen LogP contribution >= 0.6 is 0 Å². The standard InChI is InChI=1S/C18H25N3O3/c22-17(16-6-8-19-9-7-16)20-10-12-21(13-11-20)18(23)24-14-15-4-2-1-3-5-15/h1-5,16,19H,6-14H2. The van der Waals surface area contributed by atoms with E-state index in [0.717, 1.165) is 31.5 Å². The van der Waals surface area contributed by atoms with Crippen molar-refractivity contribution in [3.63, 3.8) is 0 Å². The van der Waals surface area contributed by atoms with Gasteiger partial charge in [-0.05, 0) is 31.5 Å². The van der Waals surface area contributed by atoms with Crippen LogP contribution < -0.4 is 5.32 Å². The van der Waals surface area contributed by atoms with E-state index in [0.29, 0.717) is 26.2 Å². The second-order valence-electron chi connectivity index (χ2n) is 6.38. The first-order valence-electron chi connectivity index (χ1n) is 8.69. The maximum atomic E-state index is 12.5. The molecule has 2 heterocycles. The Kier molecular flexibility index (Phi) is 5.69. The number of hydrogen-bond donors (Lipinski definition) is 1. The number of nitrogens with zero attached hydrogens (tertiary/aromatic N) is 2. The van der Waals surface area contributed by atoms with Crippen molar-refractivity contribution in [1.82, 2.24) is 15.1 Å². The molecule has 0 unspecified atom stereocenters. The third-order valence-electron chi connectivity index (χ3n) is 4.74. The normalized spacial score (nSPS) is 19.2.